The van der Waals surface area contributed by atoms with Gasteiger partial charge in [0, 0.05) is 5.39 Å². The third-order valence-electron chi connectivity index (χ3n) is 3.53. The number of carbonyl (C=O) groups is 3. The Morgan fingerprint density at radius 2 is 1.96 bits per heavy atom. The molecule has 8 heteroatoms. The first kappa shape index (κ1) is 18.4. The van der Waals surface area contributed by atoms with Crippen LogP contribution in [0, 0.1) is 5.92 Å². The second-order valence-electron chi connectivity index (χ2n) is 5.97. The molecule has 0 aliphatic carbocycles. The highest BCUT2D eigenvalue weighted by atomic mass is 16.5. The minimum atomic E-state index is -0.776. The number of nitrogens with one attached hydrogen (secondary N) is 2. The zero-order valence-electron chi connectivity index (χ0n) is 14.4. The van der Waals surface area contributed by atoms with E-state index in [0.29, 0.717) is 17.3 Å². The number of ether oxygens (including phenoxy) is 2. The number of rotatable bonds is 7. The summed E-state index contributed by atoms with van der Waals surface area (Å²) < 4.78 is 9.66. The molecule has 25 heavy (non-hydrogen) atoms. The average Bonchev–Trinajstić information content (AvgIpc) is 3.02. The molecule has 1 heterocycles. The molecule has 0 spiro atoms. The zero-order valence-corrected chi connectivity index (χ0v) is 14.4. The molecule has 1 amide bonds. The van der Waals surface area contributed by atoms with Crippen LogP contribution < -0.4 is 5.32 Å². The molecule has 2 rings (SSSR count). The fraction of sp³-hybridized carbons (Fsp3) is 0.412. The number of carbonyl (C=O) groups excluding carboxylic acids is 3. The predicted molar refractivity (Wildman–Crippen MR) is 89.8 cm³/mol. The molecule has 1 aromatic heterocycles. The Bertz CT molecular complexity index is 768. The third kappa shape index (κ3) is 4.79. The van der Waals surface area contributed by atoms with Crippen molar-refractivity contribution in [3.05, 3.63) is 30.0 Å². The molecule has 1 aromatic carbocycles. The van der Waals surface area contributed by atoms with Gasteiger partial charge in [-0.15, -0.1) is 0 Å². The highest BCUT2D eigenvalue weighted by molar-refractivity contribution is 6.02. The van der Waals surface area contributed by atoms with E-state index >= 15 is 0 Å². The third-order valence-corrected chi connectivity index (χ3v) is 3.53. The molecular formula is C17H21N3O5. The molecule has 0 bridgehead atoms. The van der Waals surface area contributed by atoms with Gasteiger partial charge in [0.1, 0.15) is 6.04 Å². The van der Waals surface area contributed by atoms with Crippen LogP contribution in [0.5, 0.6) is 0 Å². The maximum absolute atomic E-state index is 12.1. The minimum Gasteiger partial charge on any atom is -0.467 e. The Balaban J connectivity index is 1.94. The summed E-state index contributed by atoms with van der Waals surface area (Å²) >= 11 is 0. The number of H-pyrrole nitrogens is 1. The lowest BCUT2D eigenvalue weighted by Gasteiger charge is -2.18. The van der Waals surface area contributed by atoms with Crippen molar-refractivity contribution in [1.29, 1.82) is 0 Å². The van der Waals surface area contributed by atoms with Crippen LogP contribution >= 0.6 is 0 Å². The number of hydrogen-bond acceptors (Lipinski definition) is 6. The number of fused-ring (bicyclic) bond motifs is 1. The smallest absolute Gasteiger partial charge is 0.359 e. The number of hydrogen-bond donors (Lipinski definition) is 2. The lowest BCUT2D eigenvalue weighted by molar-refractivity contribution is -0.145. The second-order valence-corrected chi connectivity index (χ2v) is 5.97. The van der Waals surface area contributed by atoms with Crippen molar-refractivity contribution in [2.24, 2.45) is 5.92 Å². The van der Waals surface area contributed by atoms with Crippen molar-refractivity contribution in [1.82, 2.24) is 15.5 Å². The monoisotopic (exact) mass is 347 g/mol. The molecule has 0 radical (unpaired) electrons. The van der Waals surface area contributed by atoms with Crippen LogP contribution in [0.25, 0.3) is 10.9 Å². The lowest BCUT2D eigenvalue weighted by Crippen LogP contribution is -2.44. The number of nitrogens with zero attached hydrogens (tertiary/aromatic N) is 1. The van der Waals surface area contributed by atoms with Gasteiger partial charge in [0.2, 0.25) is 0 Å². The number of benzene rings is 1. The topological polar surface area (TPSA) is 110 Å². The molecule has 134 valence electrons. The van der Waals surface area contributed by atoms with Gasteiger partial charge in [-0.05, 0) is 18.4 Å². The van der Waals surface area contributed by atoms with E-state index in [-0.39, 0.29) is 11.6 Å². The number of amides is 1. The fourth-order valence-electron chi connectivity index (χ4n) is 2.38. The zero-order chi connectivity index (χ0) is 18.4. The molecule has 8 nitrogen and oxygen atoms in total. The van der Waals surface area contributed by atoms with Crippen LogP contribution in [0.3, 0.4) is 0 Å². The summed E-state index contributed by atoms with van der Waals surface area (Å²) in [5, 5.41) is 9.76. The molecule has 0 aliphatic rings. The fourth-order valence-corrected chi connectivity index (χ4v) is 2.38. The van der Waals surface area contributed by atoms with Crippen molar-refractivity contribution < 1.29 is 23.9 Å². The highest BCUT2D eigenvalue weighted by Gasteiger charge is 2.23. The molecular weight excluding hydrogens is 326 g/mol. The van der Waals surface area contributed by atoms with E-state index in [1.165, 1.54) is 7.11 Å². The van der Waals surface area contributed by atoms with Gasteiger partial charge >= 0.3 is 11.9 Å². The standard InChI is InChI=1S/C17H21N3O5/c1-10(2)8-13(16(22)24-3)18-14(21)9-25-17(23)15-11-6-4-5-7-12(11)19-20-15/h4-7,10,13H,8-9H2,1-3H3,(H,18,21)(H,19,20)/t13-/m1/s1. The summed E-state index contributed by atoms with van der Waals surface area (Å²) in [6.45, 7) is 3.33. The quantitative estimate of drug-likeness (QED) is 0.733. The maximum Gasteiger partial charge on any atom is 0.359 e. The second kappa shape index (κ2) is 8.27. The number of aromatic nitrogens is 2. The number of esters is 2. The summed E-state index contributed by atoms with van der Waals surface area (Å²) in [4.78, 5) is 35.8. The van der Waals surface area contributed by atoms with Crippen LogP contribution in [-0.4, -0.2) is 47.8 Å². The van der Waals surface area contributed by atoms with Gasteiger partial charge in [-0.3, -0.25) is 9.89 Å². The molecule has 0 saturated carbocycles. The molecule has 0 saturated heterocycles. The van der Waals surface area contributed by atoms with Gasteiger partial charge in [-0.2, -0.15) is 5.10 Å². The molecule has 2 aromatic rings. The van der Waals surface area contributed by atoms with Crippen molar-refractivity contribution in [3.63, 3.8) is 0 Å². The molecule has 1 atom stereocenters. The van der Waals surface area contributed by atoms with Crippen molar-refractivity contribution in [2.45, 2.75) is 26.3 Å². The Morgan fingerprint density at radius 3 is 2.64 bits per heavy atom. The van der Waals surface area contributed by atoms with Crippen molar-refractivity contribution >= 4 is 28.7 Å². The van der Waals surface area contributed by atoms with Gasteiger partial charge in [0.25, 0.3) is 5.91 Å². The van der Waals surface area contributed by atoms with Gasteiger partial charge in [-0.1, -0.05) is 32.0 Å². The van der Waals surface area contributed by atoms with E-state index in [1.807, 2.05) is 19.9 Å². The first-order chi connectivity index (χ1) is 11.9. The first-order valence-corrected chi connectivity index (χ1v) is 7.89. The summed E-state index contributed by atoms with van der Waals surface area (Å²) in [5.74, 6) is -1.65. The molecule has 2 N–H and O–H groups in total. The predicted octanol–water partition coefficient (Wildman–Crippen LogP) is 1.42. The van der Waals surface area contributed by atoms with Crippen LogP contribution in [0.15, 0.2) is 24.3 Å². The van der Waals surface area contributed by atoms with Gasteiger partial charge in [-0.25, -0.2) is 9.59 Å². The van der Waals surface area contributed by atoms with E-state index in [0.717, 1.165) is 0 Å². The van der Waals surface area contributed by atoms with Gasteiger partial charge < -0.3 is 14.8 Å². The van der Waals surface area contributed by atoms with E-state index < -0.39 is 30.5 Å². The largest absolute Gasteiger partial charge is 0.467 e. The van der Waals surface area contributed by atoms with Gasteiger partial charge in [0.15, 0.2) is 12.3 Å². The summed E-state index contributed by atoms with van der Waals surface area (Å²) in [6, 6.07) is 6.31. The van der Waals surface area contributed by atoms with E-state index in [1.54, 1.807) is 18.2 Å². The average molecular weight is 347 g/mol. The molecule has 0 aliphatic heterocycles. The molecule has 0 fully saturated rings. The number of para-hydroxylation sites is 1. The summed E-state index contributed by atoms with van der Waals surface area (Å²) in [5.41, 5.74) is 0.802. The summed E-state index contributed by atoms with van der Waals surface area (Å²) in [7, 11) is 1.25. The summed E-state index contributed by atoms with van der Waals surface area (Å²) in [6.07, 6.45) is 0.427. The number of methoxy groups -OCH3 is 1. The van der Waals surface area contributed by atoms with E-state index in [2.05, 4.69) is 20.3 Å². The van der Waals surface area contributed by atoms with Crippen LogP contribution in [0.2, 0.25) is 0 Å². The SMILES string of the molecule is COC(=O)[C@@H](CC(C)C)NC(=O)COC(=O)c1n[nH]c2ccccc12. The van der Waals surface area contributed by atoms with Crippen molar-refractivity contribution in [3.8, 4) is 0 Å². The maximum atomic E-state index is 12.1. The Labute approximate surface area is 144 Å². The Kier molecular flexibility index (Phi) is 6.10. The number of aromatic amines is 1. The van der Waals surface area contributed by atoms with E-state index in [9.17, 15) is 14.4 Å². The van der Waals surface area contributed by atoms with Crippen LogP contribution in [0.4, 0.5) is 0 Å². The van der Waals surface area contributed by atoms with Crippen LogP contribution in [-0.2, 0) is 19.1 Å². The van der Waals surface area contributed by atoms with E-state index in [4.69, 9.17) is 4.74 Å². The van der Waals surface area contributed by atoms with Gasteiger partial charge in [0.05, 0.1) is 12.6 Å². The normalized spacial score (nSPS) is 12.0. The minimum absolute atomic E-state index is 0.107. The lowest BCUT2D eigenvalue weighted by atomic mass is 10.0. The van der Waals surface area contributed by atoms with Crippen molar-refractivity contribution in [2.75, 3.05) is 13.7 Å². The first-order valence-electron chi connectivity index (χ1n) is 7.89. The van der Waals surface area contributed by atoms with Crippen LogP contribution in [0.1, 0.15) is 30.8 Å². The molecule has 0 unspecified atom stereocenters. The highest BCUT2D eigenvalue weighted by Crippen LogP contribution is 2.15. The Hall–Kier alpha value is -2.90. The Morgan fingerprint density at radius 1 is 1.24 bits per heavy atom.